The Kier molecular flexibility index (Phi) is 18.4. The van der Waals surface area contributed by atoms with Crippen molar-refractivity contribution in [2.24, 2.45) is 0 Å². The van der Waals surface area contributed by atoms with Crippen LogP contribution in [0.2, 0.25) is 0 Å². The molecule has 0 aromatic carbocycles. The molecular formula is C28H52N+. The van der Waals surface area contributed by atoms with E-state index >= 15 is 0 Å². The van der Waals surface area contributed by atoms with E-state index in [9.17, 15) is 0 Å². The van der Waals surface area contributed by atoms with Gasteiger partial charge in [0.2, 0.25) is 0 Å². The minimum Gasteiger partial charge on any atom is -0.205 e. The molecule has 0 aliphatic rings. The minimum atomic E-state index is 1.19. The van der Waals surface area contributed by atoms with Crippen molar-refractivity contribution in [3.05, 3.63) is 30.1 Å². The molecule has 0 bridgehead atoms. The van der Waals surface area contributed by atoms with E-state index in [1.807, 2.05) is 0 Å². The Morgan fingerprint density at radius 3 is 1.31 bits per heavy atom. The molecule has 0 atom stereocenters. The van der Waals surface area contributed by atoms with Crippen LogP contribution in [0, 0.1) is 0 Å². The van der Waals surface area contributed by atoms with Crippen molar-refractivity contribution in [1.82, 2.24) is 0 Å². The molecule has 1 nitrogen and oxygen atoms in total. The first-order valence-corrected chi connectivity index (χ1v) is 13.3. The van der Waals surface area contributed by atoms with Crippen molar-refractivity contribution in [3.8, 4) is 0 Å². The summed E-state index contributed by atoms with van der Waals surface area (Å²) >= 11 is 0. The zero-order valence-corrected chi connectivity index (χ0v) is 20.1. The zero-order chi connectivity index (χ0) is 20.8. The second-order valence-electron chi connectivity index (χ2n) is 9.20. The SMILES string of the molecule is CCCCCCCCCCCCCc1cc[n+](CCCCCCCCCC)cc1. The molecule has 29 heavy (non-hydrogen) atoms. The second-order valence-corrected chi connectivity index (χ2v) is 9.20. The smallest absolute Gasteiger partial charge is 0.169 e. The Balaban J connectivity index is 1.92. The van der Waals surface area contributed by atoms with Gasteiger partial charge < -0.3 is 0 Å². The molecule has 0 aliphatic heterocycles. The van der Waals surface area contributed by atoms with Gasteiger partial charge >= 0.3 is 0 Å². The molecule has 0 spiro atoms. The lowest BCUT2D eigenvalue weighted by Crippen LogP contribution is -2.32. The van der Waals surface area contributed by atoms with Gasteiger partial charge in [-0.25, -0.2) is 4.57 Å². The summed E-state index contributed by atoms with van der Waals surface area (Å²) in [5, 5.41) is 0. The number of unbranched alkanes of at least 4 members (excludes halogenated alkanes) is 17. The highest BCUT2D eigenvalue weighted by molar-refractivity contribution is 5.07. The van der Waals surface area contributed by atoms with Gasteiger partial charge in [-0.2, -0.15) is 0 Å². The average molecular weight is 403 g/mol. The fourth-order valence-corrected chi connectivity index (χ4v) is 4.23. The van der Waals surface area contributed by atoms with Gasteiger partial charge in [-0.1, -0.05) is 117 Å². The highest BCUT2D eigenvalue weighted by Crippen LogP contribution is 2.13. The maximum atomic E-state index is 2.38. The minimum absolute atomic E-state index is 1.19. The largest absolute Gasteiger partial charge is 0.205 e. The van der Waals surface area contributed by atoms with Crippen LogP contribution in [0.5, 0.6) is 0 Å². The van der Waals surface area contributed by atoms with E-state index < -0.39 is 0 Å². The Hall–Kier alpha value is -0.850. The van der Waals surface area contributed by atoms with Gasteiger partial charge in [0.05, 0.1) is 0 Å². The summed E-state index contributed by atoms with van der Waals surface area (Å²) in [4.78, 5) is 0. The van der Waals surface area contributed by atoms with Crippen LogP contribution in [-0.2, 0) is 13.0 Å². The first-order valence-electron chi connectivity index (χ1n) is 13.3. The number of aromatic nitrogens is 1. The molecule has 168 valence electrons. The van der Waals surface area contributed by atoms with E-state index in [2.05, 4.69) is 42.9 Å². The van der Waals surface area contributed by atoms with Gasteiger partial charge in [-0.3, -0.25) is 0 Å². The van der Waals surface area contributed by atoms with Crippen molar-refractivity contribution < 1.29 is 4.57 Å². The summed E-state index contributed by atoms with van der Waals surface area (Å²) in [5.41, 5.74) is 1.52. The summed E-state index contributed by atoms with van der Waals surface area (Å²) in [6, 6.07) is 4.70. The highest BCUT2D eigenvalue weighted by atomic mass is 14.9. The Morgan fingerprint density at radius 2 is 0.862 bits per heavy atom. The number of aryl methyl sites for hydroxylation is 2. The predicted octanol–water partition coefficient (Wildman–Crippen LogP) is 8.97. The van der Waals surface area contributed by atoms with Crippen LogP contribution >= 0.6 is 0 Å². The lowest BCUT2D eigenvalue weighted by Gasteiger charge is -2.03. The molecule has 0 aliphatic carbocycles. The van der Waals surface area contributed by atoms with Gasteiger partial charge in [-0.15, -0.1) is 0 Å². The molecule has 0 N–H and O–H groups in total. The van der Waals surface area contributed by atoms with Crippen LogP contribution in [0.15, 0.2) is 24.5 Å². The number of pyridine rings is 1. The van der Waals surface area contributed by atoms with Gasteiger partial charge in [0.1, 0.15) is 6.54 Å². The van der Waals surface area contributed by atoms with Crippen molar-refractivity contribution in [2.45, 2.75) is 149 Å². The quantitative estimate of drug-likeness (QED) is 0.143. The molecule has 1 aromatic rings. The normalized spacial score (nSPS) is 11.2. The second kappa shape index (κ2) is 20.4. The summed E-state index contributed by atoms with van der Waals surface area (Å²) in [7, 11) is 0. The third kappa shape index (κ3) is 16.6. The molecule has 0 unspecified atom stereocenters. The highest BCUT2D eigenvalue weighted by Gasteiger charge is 2.02. The fourth-order valence-electron chi connectivity index (χ4n) is 4.23. The molecule has 0 amide bonds. The molecule has 0 radical (unpaired) electrons. The zero-order valence-electron chi connectivity index (χ0n) is 20.1. The standard InChI is InChI=1S/C28H52N/c1-3-5-7-9-11-13-14-15-16-18-20-22-28-23-26-29(27-24-28)25-21-19-17-12-10-8-6-4-2/h23-24,26-27H,3-22,25H2,1-2H3/q+1. The number of nitrogens with zero attached hydrogens (tertiary/aromatic N) is 1. The maximum absolute atomic E-state index is 2.38. The predicted molar refractivity (Wildman–Crippen MR) is 129 cm³/mol. The molecular weight excluding hydrogens is 350 g/mol. The third-order valence-electron chi connectivity index (χ3n) is 6.30. The Labute approximate surface area is 183 Å². The van der Waals surface area contributed by atoms with Crippen molar-refractivity contribution in [1.29, 1.82) is 0 Å². The summed E-state index contributed by atoms with van der Waals surface area (Å²) in [6.45, 7) is 5.78. The molecule has 1 aromatic heterocycles. The van der Waals surface area contributed by atoms with Gasteiger partial charge in [0.15, 0.2) is 12.4 Å². The lowest BCUT2D eigenvalue weighted by atomic mass is 10.0. The monoisotopic (exact) mass is 402 g/mol. The summed E-state index contributed by atoms with van der Waals surface area (Å²) in [6.07, 6.45) is 32.8. The van der Waals surface area contributed by atoms with Crippen molar-refractivity contribution in [3.63, 3.8) is 0 Å². The maximum Gasteiger partial charge on any atom is 0.169 e. The van der Waals surface area contributed by atoms with Gasteiger partial charge in [0.25, 0.3) is 0 Å². The van der Waals surface area contributed by atoms with Crippen LogP contribution < -0.4 is 4.57 Å². The van der Waals surface area contributed by atoms with E-state index in [1.165, 1.54) is 141 Å². The Bertz CT molecular complexity index is 436. The molecule has 0 saturated carbocycles. The number of hydrogen-bond donors (Lipinski definition) is 0. The van der Waals surface area contributed by atoms with Crippen LogP contribution in [0.1, 0.15) is 141 Å². The van der Waals surface area contributed by atoms with E-state index in [4.69, 9.17) is 0 Å². The summed E-state index contributed by atoms with van der Waals surface area (Å²) < 4.78 is 2.38. The van der Waals surface area contributed by atoms with Gasteiger partial charge in [0, 0.05) is 18.6 Å². The van der Waals surface area contributed by atoms with Crippen molar-refractivity contribution >= 4 is 0 Å². The first-order chi connectivity index (χ1) is 14.4. The van der Waals surface area contributed by atoms with Crippen LogP contribution in [0.4, 0.5) is 0 Å². The van der Waals surface area contributed by atoms with Crippen LogP contribution in [-0.4, -0.2) is 0 Å². The number of rotatable bonds is 21. The number of hydrogen-bond acceptors (Lipinski definition) is 0. The van der Waals surface area contributed by atoms with Crippen molar-refractivity contribution in [2.75, 3.05) is 0 Å². The van der Waals surface area contributed by atoms with E-state index in [0.717, 1.165) is 0 Å². The van der Waals surface area contributed by atoms with E-state index in [0.29, 0.717) is 0 Å². The molecule has 0 saturated heterocycles. The van der Waals surface area contributed by atoms with Crippen LogP contribution in [0.25, 0.3) is 0 Å². The topological polar surface area (TPSA) is 3.88 Å². The van der Waals surface area contributed by atoms with Gasteiger partial charge in [-0.05, 0) is 24.8 Å². The fraction of sp³-hybridized carbons (Fsp3) is 0.821. The average Bonchev–Trinajstić information content (AvgIpc) is 2.75. The summed E-state index contributed by atoms with van der Waals surface area (Å²) in [5.74, 6) is 0. The van der Waals surface area contributed by atoms with Crippen LogP contribution in [0.3, 0.4) is 0 Å². The lowest BCUT2D eigenvalue weighted by molar-refractivity contribution is -0.697. The molecule has 0 fully saturated rings. The Morgan fingerprint density at radius 1 is 0.483 bits per heavy atom. The molecule has 1 heteroatoms. The van der Waals surface area contributed by atoms with E-state index in [1.54, 1.807) is 0 Å². The molecule has 1 rings (SSSR count). The molecule has 1 heterocycles. The van der Waals surface area contributed by atoms with E-state index in [-0.39, 0.29) is 0 Å². The third-order valence-corrected chi connectivity index (χ3v) is 6.30. The first kappa shape index (κ1) is 26.2.